The van der Waals surface area contributed by atoms with Crippen molar-refractivity contribution in [3.8, 4) is 6.01 Å². The van der Waals surface area contributed by atoms with Gasteiger partial charge in [-0.2, -0.15) is 0 Å². The number of ether oxygens (including phenoxy) is 2. The van der Waals surface area contributed by atoms with Gasteiger partial charge in [-0.3, -0.25) is 0 Å². The van der Waals surface area contributed by atoms with Crippen molar-refractivity contribution in [1.82, 2.24) is 14.9 Å². The van der Waals surface area contributed by atoms with Gasteiger partial charge >= 0.3 is 12.1 Å². The fourth-order valence-electron chi connectivity index (χ4n) is 2.70. The maximum Gasteiger partial charge on any atom is 0.410 e. The van der Waals surface area contributed by atoms with E-state index in [4.69, 9.17) is 9.47 Å². The van der Waals surface area contributed by atoms with Crippen LogP contribution in [0.5, 0.6) is 6.01 Å². The van der Waals surface area contributed by atoms with Crippen LogP contribution in [0.15, 0.2) is 18.5 Å². The fourth-order valence-corrected chi connectivity index (χ4v) is 2.70. The van der Waals surface area contributed by atoms with Crippen molar-refractivity contribution in [3.05, 3.63) is 18.5 Å². The van der Waals surface area contributed by atoms with E-state index in [0.29, 0.717) is 12.6 Å². The Morgan fingerprint density at radius 1 is 1.30 bits per heavy atom. The van der Waals surface area contributed by atoms with Gasteiger partial charge in [-0.25, -0.2) is 14.8 Å². The molecule has 0 aliphatic carbocycles. The predicted octanol–water partition coefficient (Wildman–Crippen LogP) is 3.43. The van der Waals surface area contributed by atoms with E-state index in [-0.39, 0.29) is 12.1 Å². The number of hydrogen-bond acceptors (Lipinski definition) is 5. The van der Waals surface area contributed by atoms with Gasteiger partial charge in [-0.15, -0.1) is 0 Å². The molecule has 0 unspecified atom stereocenters. The lowest BCUT2D eigenvalue weighted by Crippen LogP contribution is -2.46. The van der Waals surface area contributed by atoms with Crippen molar-refractivity contribution in [2.45, 2.75) is 64.5 Å². The minimum atomic E-state index is -0.452. The summed E-state index contributed by atoms with van der Waals surface area (Å²) >= 11 is 0. The Hall–Kier alpha value is -1.85. The Bertz CT molecular complexity index is 488. The maximum atomic E-state index is 12.3. The highest BCUT2D eigenvalue weighted by atomic mass is 16.6. The highest BCUT2D eigenvalue weighted by Crippen LogP contribution is 2.23. The summed E-state index contributed by atoms with van der Waals surface area (Å²) in [6.45, 7) is 7.04. The van der Waals surface area contributed by atoms with Gasteiger partial charge in [0, 0.05) is 25.0 Å². The summed E-state index contributed by atoms with van der Waals surface area (Å²) in [7, 11) is 0. The number of carbonyl (C=O) groups excluding carboxylic acids is 1. The standard InChI is InChI=1S/C17H27N3O3/c1-17(2,3)23-16(21)20-12-5-4-8-14(20)9-6-13-22-15-18-10-7-11-19-15/h7,10-11,14H,4-6,8-9,12-13H2,1-3H3/t14-/m1/s1. The molecule has 1 aromatic rings. The number of hydrogen-bond donors (Lipinski definition) is 0. The first kappa shape index (κ1) is 17.5. The molecule has 2 rings (SSSR count). The Morgan fingerprint density at radius 2 is 2.04 bits per heavy atom. The topological polar surface area (TPSA) is 64.5 Å². The third-order valence-electron chi connectivity index (χ3n) is 3.71. The highest BCUT2D eigenvalue weighted by molar-refractivity contribution is 5.68. The second-order valence-corrected chi connectivity index (χ2v) is 6.85. The summed E-state index contributed by atoms with van der Waals surface area (Å²) in [5.74, 6) is 0. The van der Waals surface area contributed by atoms with Crippen molar-refractivity contribution in [2.75, 3.05) is 13.2 Å². The molecule has 2 heterocycles. The van der Waals surface area contributed by atoms with Gasteiger partial charge in [-0.05, 0) is 58.9 Å². The van der Waals surface area contributed by atoms with Crippen LogP contribution in [-0.4, -0.2) is 45.8 Å². The summed E-state index contributed by atoms with van der Waals surface area (Å²) in [6, 6.07) is 2.40. The normalized spacial score (nSPS) is 18.6. The van der Waals surface area contributed by atoms with Crippen LogP contribution in [0.1, 0.15) is 52.9 Å². The van der Waals surface area contributed by atoms with Crippen LogP contribution in [0, 0.1) is 0 Å². The van der Waals surface area contributed by atoms with Crippen LogP contribution in [0.4, 0.5) is 4.79 Å². The number of nitrogens with zero attached hydrogens (tertiary/aromatic N) is 3. The Balaban J connectivity index is 1.78. The van der Waals surface area contributed by atoms with Crippen LogP contribution in [-0.2, 0) is 4.74 Å². The molecule has 23 heavy (non-hydrogen) atoms. The third-order valence-corrected chi connectivity index (χ3v) is 3.71. The first-order valence-corrected chi connectivity index (χ1v) is 8.35. The molecule has 0 saturated carbocycles. The molecule has 1 atom stereocenters. The molecule has 0 radical (unpaired) electrons. The molecule has 1 aliphatic rings. The van der Waals surface area contributed by atoms with E-state index < -0.39 is 5.60 Å². The molecule has 1 aliphatic heterocycles. The predicted molar refractivity (Wildman–Crippen MR) is 87.3 cm³/mol. The SMILES string of the molecule is CC(C)(C)OC(=O)N1CCCC[C@@H]1CCCOc1ncccn1. The Kier molecular flexibility index (Phi) is 6.19. The van der Waals surface area contributed by atoms with Gasteiger partial charge in [-0.1, -0.05) is 0 Å². The number of rotatable bonds is 5. The molecule has 128 valence electrons. The molecular weight excluding hydrogens is 294 g/mol. The van der Waals surface area contributed by atoms with Crippen LogP contribution in [0.2, 0.25) is 0 Å². The third kappa shape index (κ3) is 6.04. The summed E-state index contributed by atoms with van der Waals surface area (Å²) < 4.78 is 11.0. The molecule has 0 spiro atoms. The number of aromatic nitrogens is 2. The zero-order valence-corrected chi connectivity index (χ0v) is 14.3. The van der Waals surface area contributed by atoms with Crippen molar-refractivity contribution < 1.29 is 14.3 Å². The first-order valence-electron chi connectivity index (χ1n) is 8.35. The van der Waals surface area contributed by atoms with Crippen LogP contribution < -0.4 is 4.74 Å². The average Bonchev–Trinajstić information content (AvgIpc) is 2.51. The van der Waals surface area contributed by atoms with E-state index in [2.05, 4.69) is 9.97 Å². The van der Waals surface area contributed by atoms with E-state index in [9.17, 15) is 4.79 Å². The van der Waals surface area contributed by atoms with Crippen molar-refractivity contribution >= 4 is 6.09 Å². The van der Waals surface area contributed by atoms with Crippen LogP contribution in [0.3, 0.4) is 0 Å². The lowest BCUT2D eigenvalue weighted by Gasteiger charge is -2.36. The van der Waals surface area contributed by atoms with E-state index >= 15 is 0 Å². The molecule has 0 aromatic carbocycles. The average molecular weight is 321 g/mol. The van der Waals surface area contributed by atoms with Crippen molar-refractivity contribution in [1.29, 1.82) is 0 Å². The smallest absolute Gasteiger partial charge is 0.410 e. The van der Waals surface area contributed by atoms with Gasteiger partial charge < -0.3 is 14.4 Å². The molecule has 1 aromatic heterocycles. The quantitative estimate of drug-likeness (QED) is 0.777. The molecule has 0 bridgehead atoms. The fraction of sp³-hybridized carbons (Fsp3) is 0.706. The van der Waals surface area contributed by atoms with Gasteiger partial charge in [0.25, 0.3) is 0 Å². The van der Waals surface area contributed by atoms with Gasteiger partial charge in [0.15, 0.2) is 0 Å². The molecular formula is C17H27N3O3. The van der Waals surface area contributed by atoms with E-state index in [1.54, 1.807) is 18.5 Å². The Morgan fingerprint density at radius 3 is 2.74 bits per heavy atom. The zero-order chi connectivity index (χ0) is 16.7. The lowest BCUT2D eigenvalue weighted by molar-refractivity contribution is 0.00820. The zero-order valence-electron chi connectivity index (χ0n) is 14.3. The molecule has 6 heteroatoms. The second-order valence-electron chi connectivity index (χ2n) is 6.85. The van der Waals surface area contributed by atoms with Crippen molar-refractivity contribution in [3.63, 3.8) is 0 Å². The highest BCUT2D eigenvalue weighted by Gasteiger charge is 2.30. The number of carbonyl (C=O) groups is 1. The first-order chi connectivity index (χ1) is 11.0. The maximum absolute atomic E-state index is 12.3. The van der Waals surface area contributed by atoms with Gasteiger partial charge in [0.2, 0.25) is 0 Å². The summed E-state index contributed by atoms with van der Waals surface area (Å²) in [4.78, 5) is 22.3. The summed E-state index contributed by atoms with van der Waals surface area (Å²) in [5, 5.41) is 0. The molecule has 1 fully saturated rings. The van der Waals surface area contributed by atoms with Gasteiger partial charge in [0.05, 0.1) is 6.61 Å². The van der Waals surface area contributed by atoms with E-state index in [1.165, 1.54) is 0 Å². The summed E-state index contributed by atoms with van der Waals surface area (Å²) in [5.41, 5.74) is -0.452. The molecule has 1 saturated heterocycles. The minimum Gasteiger partial charge on any atom is -0.463 e. The van der Waals surface area contributed by atoms with Crippen LogP contribution >= 0.6 is 0 Å². The minimum absolute atomic E-state index is 0.200. The summed E-state index contributed by atoms with van der Waals surface area (Å²) in [6.07, 6.45) is 8.13. The molecule has 0 N–H and O–H groups in total. The number of piperidine rings is 1. The second kappa shape index (κ2) is 8.13. The molecule has 1 amide bonds. The van der Waals surface area contributed by atoms with Crippen LogP contribution in [0.25, 0.3) is 0 Å². The largest absolute Gasteiger partial charge is 0.463 e. The monoisotopic (exact) mass is 321 g/mol. The van der Waals surface area contributed by atoms with Crippen molar-refractivity contribution in [2.24, 2.45) is 0 Å². The van der Waals surface area contributed by atoms with E-state index in [0.717, 1.165) is 38.6 Å². The Labute approximate surface area is 138 Å². The lowest BCUT2D eigenvalue weighted by atomic mass is 9.98. The molecule has 6 nitrogen and oxygen atoms in total. The number of amides is 1. The van der Waals surface area contributed by atoms with E-state index in [1.807, 2.05) is 25.7 Å². The van der Waals surface area contributed by atoms with Gasteiger partial charge in [0.1, 0.15) is 5.60 Å². The number of likely N-dealkylation sites (tertiary alicyclic amines) is 1.